The fraction of sp³-hybridized carbons (Fsp3) is 1.00. The summed E-state index contributed by atoms with van der Waals surface area (Å²) in [5, 5.41) is 0. The average molecular weight is 428 g/mol. The second-order valence-corrected chi connectivity index (χ2v) is 19.3. The molecule has 3 heteroatoms. The van der Waals surface area contributed by atoms with Gasteiger partial charge in [-0.2, -0.15) is 0 Å². The number of hydrogen-bond donors (Lipinski definition) is 0. The molecule has 0 aromatic heterocycles. The van der Waals surface area contributed by atoms with Crippen molar-refractivity contribution in [2.75, 3.05) is 32.7 Å². The monoisotopic (exact) mass is 428 g/mol. The molecule has 2 nitrogen and oxygen atoms in total. The molecule has 0 atom stereocenters. The van der Waals surface area contributed by atoms with Crippen molar-refractivity contribution in [1.82, 2.24) is 9.80 Å². The molecule has 0 unspecified atom stereocenters. The number of rotatable bonds is 15. The Labute approximate surface area is 155 Å². The zero-order valence-corrected chi connectivity index (χ0v) is 20.7. The Kier molecular flexibility index (Phi) is 15.6. The minimum absolute atomic E-state index is 0.717. The normalized spacial score (nSPS) is 12.1. The summed E-state index contributed by atoms with van der Waals surface area (Å²) in [6.45, 7) is 23.1. The maximum atomic E-state index is 2.68. The summed E-state index contributed by atoms with van der Waals surface area (Å²) < 4.78 is 4.28. The van der Waals surface area contributed by atoms with E-state index in [1.165, 1.54) is 58.4 Å². The summed E-state index contributed by atoms with van der Waals surface area (Å²) in [6, 6.07) is 0.717. The van der Waals surface area contributed by atoms with Crippen molar-refractivity contribution in [3.8, 4) is 0 Å². The third kappa shape index (κ3) is 11.9. The van der Waals surface area contributed by atoms with Crippen LogP contribution >= 0.6 is 0 Å². The zero-order valence-electron chi connectivity index (χ0n) is 17.4. The molecule has 0 aromatic rings. The van der Waals surface area contributed by atoms with Crippen molar-refractivity contribution in [2.24, 2.45) is 0 Å². The van der Waals surface area contributed by atoms with Gasteiger partial charge in [-0.1, -0.05) is 0 Å². The average Bonchev–Trinajstić information content (AvgIpc) is 2.50. The summed E-state index contributed by atoms with van der Waals surface area (Å²) in [5.74, 6) is 0. The Morgan fingerprint density at radius 3 is 1.74 bits per heavy atom. The second kappa shape index (κ2) is 15.1. The van der Waals surface area contributed by atoms with Gasteiger partial charge >= 0.3 is 156 Å². The van der Waals surface area contributed by atoms with E-state index in [1.54, 1.807) is 8.35 Å². The Morgan fingerprint density at radius 1 is 0.739 bits per heavy atom. The Hall–Kier alpha value is 0.790. The molecule has 0 spiro atoms. The second-order valence-electron chi connectivity index (χ2n) is 7.85. The van der Waals surface area contributed by atoms with E-state index in [4.69, 9.17) is 0 Å². The molecule has 0 bridgehead atoms. The zero-order chi connectivity index (χ0) is 17.7. The van der Waals surface area contributed by atoms with Crippen LogP contribution in [0, 0.1) is 0 Å². The molecular weight excluding hydrogens is 383 g/mol. The number of nitrogens with zero attached hydrogens (tertiary/aromatic N) is 2. The van der Waals surface area contributed by atoms with Crippen LogP contribution in [0.25, 0.3) is 0 Å². The predicted molar refractivity (Wildman–Crippen MR) is 109 cm³/mol. The van der Waals surface area contributed by atoms with Gasteiger partial charge in [-0.3, -0.25) is 0 Å². The van der Waals surface area contributed by atoms with E-state index in [0.29, 0.717) is 0 Å². The van der Waals surface area contributed by atoms with E-state index in [1.807, 2.05) is 0 Å². The molecule has 0 aromatic carbocycles. The van der Waals surface area contributed by atoms with Crippen LogP contribution < -0.4 is 0 Å². The first-order valence-corrected chi connectivity index (χ1v) is 17.0. The van der Waals surface area contributed by atoms with Gasteiger partial charge in [0.1, 0.15) is 0 Å². The van der Waals surface area contributed by atoms with Crippen LogP contribution in [0.1, 0.15) is 74.1 Å². The first kappa shape index (κ1) is 23.8. The molecule has 0 radical (unpaired) electrons. The molecular formula is C20H45InN2. The van der Waals surface area contributed by atoms with Gasteiger partial charge in [0.05, 0.1) is 0 Å². The fourth-order valence-corrected chi connectivity index (χ4v) is 12.3. The van der Waals surface area contributed by atoms with Crippen LogP contribution in [0.5, 0.6) is 0 Å². The van der Waals surface area contributed by atoms with E-state index in [-0.39, 0.29) is 0 Å². The SMILES string of the molecule is CCCN(CC)CC[CH2][In]([CH2]CCN(CCC)C(C)C)[CH](C)C. The standard InChI is InChI=1S/C9H20N.C8H18N.C3H7.In/c1-5-7-10(8-6-2)9(3)4;1-4-7-9(6-3)8-5-2;1-3-2;/h9H,1,5-8H2,2-4H3;1,4-8H2,2-3H3;3H,1-2H3;. The van der Waals surface area contributed by atoms with Crippen molar-refractivity contribution in [1.29, 1.82) is 0 Å². The molecule has 138 valence electrons. The summed E-state index contributed by atoms with van der Waals surface area (Å²) in [6.07, 6.45) is 5.52. The minimum atomic E-state index is -1.31. The van der Waals surface area contributed by atoms with Gasteiger partial charge in [0.2, 0.25) is 0 Å². The summed E-state index contributed by atoms with van der Waals surface area (Å²) in [4.78, 5) is 5.33. The Morgan fingerprint density at radius 2 is 1.30 bits per heavy atom. The molecule has 0 saturated carbocycles. The van der Waals surface area contributed by atoms with Crippen molar-refractivity contribution in [3.05, 3.63) is 0 Å². The fourth-order valence-electron chi connectivity index (χ4n) is 3.60. The van der Waals surface area contributed by atoms with Gasteiger partial charge in [-0.25, -0.2) is 0 Å². The predicted octanol–water partition coefficient (Wildman–Crippen LogP) is 5.52. The molecule has 0 aliphatic carbocycles. The van der Waals surface area contributed by atoms with Crippen molar-refractivity contribution < 1.29 is 0 Å². The molecule has 0 aliphatic rings. The van der Waals surface area contributed by atoms with Crippen LogP contribution in [-0.2, 0) is 0 Å². The van der Waals surface area contributed by atoms with E-state index < -0.39 is 21.4 Å². The third-order valence-electron chi connectivity index (χ3n) is 5.24. The molecule has 0 heterocycles. The van der Waals surface area contributed by atoms with Gasteiger partial charge in [-0.05, 0) is 0 Å². The maximum absolute atomic E-state index is 2.68. The van der Waals surface area contributed by atoms with E-state index in [2.05, 4.69) is 58.3 Å². The quantitative estimate of drug-likeness (QED) is 0.339. The molecule has 0 aliphatic heterocycles. The van der Waals surface area contributed by atoms with Crippen molar-refractivity contribution >= 4 is 21.4 Å². The summed E-state index contributed by atoms with van der Waals surface area (Å²) in [5.41, 5.74) is 0. The van der Waals surface area contributed by atoms with E-state index in [0.717, 1.165) is 9.72 Å². The molecule has 0 saturated heterocycles. The summed E-state index contributed by atoms with van der Waals surface area (Å²) in [7, 11) is 0. The van der Waals surface area contributed by atoms with Gasteiger partial charge in [0.25, 0.3) is 0 Å². The van der Waals surface area contributed by atoms with Crippen LogP contribution in [0.2, 0.25) is 12.0 Å². The number of hydrogen-bond acceptors (Lipinski definition) is 2. The molecule has 0 N–H and O–H groups in total. The van der Waals surface area contributed by atoms with Crippen LogP contribution in [0.15, 0.2) is 0 Å². The molecule has 23 heavy (non-hydrogen) atoms. The van der Waals surface area contributed by atoms with Crippen molar-refractivity contribution in [2.45, 2.75) is 92.2 Å². The van der Waals surface area contributed by atoms with E-state index in [9.17, 15) is 0 Å². The van der Waals surface area contributed by atoms with Crippen LogP contribution in [0.3, 0.4) is 0 Å². The van der Waals surface area contributed by atoms with Gasteiger partial charge in [0, 0.05) is 0 Å². The molecule has 0 fully saturated rings. The Balaban J connectivity index is 4.11. The molecule has 0 amide bonds. The molecule has 0 rings (SSSR count). The topological polar surface area (TPSA) is 6.48 Å². The first-order valence-electron chi connectivity index (χ1n) is 10.4. The van der Waals surface area contributed by atoms with Gasteiger partial charge < -0.3 is 0 Å². The van der Waals surface area contributed by atoms with Crippen molar-refractivity contribution in [3.63, 3.8) is 0 Å². The Bertz CT molecular complexity index is 256. The van der Waals surface area contributed by atoms with Gasteiger partial charge in [0.15, 0.2) is 0 Å². The van der Waals surface area contributed by atoms with Gasteiger partial charge in [-0.15, -0.1) is 0 Å². The first-order chi connectivity index (χ1) is 11.0. The summed E-state index contributed by atoms with van der Waals surface area (Å²) >= 11 is -1.31. The van der Waals surface area contributed by atoms with E-state index >= 15 is 0 Å². The van der Waals surface area contributed by atoms with Crippen LogP contribution in [0.4, 0.5) is 0 Å². The van der Waals surface area contributed by atoms with Crippen LogP contribution in [-0.4, -0.2) is 70.0 Å². The third-order valence-corrected chi connectivity index (χ3v) is 17.2.